The standard InChI is InChI=1S/C42H50FN5O4/c1-24(2)50-40(49)37(52-41(5,6)7)34-26(4)46-25(3)33(36(34)47-18-15-42(8,9)16-19-47)28-10-11-29-22-48(17-14-27(29)20-28)39-38-35(44-23-45-39)31-21-30(43)12-13-32(31)51-38/h10-13,20-21,23-24,37H,14-19,22H2,1-9H3. The number of hydrogen-bond acceptors (Lipinski definition) is 9. The van der Waals surface area contributed by atoms with Crippen LogP contribution in [0, 0.1) is 25.1 Å². The van der Waals surface area contributed by atoms with Gasteiger partial charge in [0.2, 0.25) is 0 Å². The summed E-state index contributed by atoms with van der Waals surface area (Å²) >= 11 is 0. The number of carbonyl (C=O) groups excluding carboxylic acids is 1. The topological polar surface area (TPSA) is 93.8 Å². The molecule has 52 heavy (non-hydrogen) atoms. The number of ether oxygens (including phenoxy) is 2. The van der Waals surface area contributed by atoms with E-state index in [1.165, 1.54) is 29.6 Å². The maximum Gasteiger partial charge on any atom is 0.340 e. The molecule has 0 amide bonds. The predicted molar refractivity (Wildman–Crippen MR) is 203 cm³/mol. The minimum Gasteiger partial charge on any atom is -0.461 e. The molecule has 3 aromatic heterocycles. The zero-order valence-electron chi connectivity index (χ0n) is 31.9. The molecule has 5 aromatic rings. The summed E-state index contributed by atoms with van der Waals surface area (Å²) in [5.41, 5.74) is 9.39. The number of carbonyl (C=O) groups is 1. The van der Waals surface area contributed by atoms with Gasteiger partial charge in [-0.25, -0.2) is 19.2 Å². The van der Waals surface area contributed by atoms with E-state index >= 15 is 0 Å². The third kappa shape index (κ3) is 6.97. The van der Waals surface area contributed by atoms with Gasteiger partial charge in [0.15, 0.2) is 17.5 Å². The minimum absolute atomic E-state index is 0.233. The number of piperidine rings is 1. The normalized spacial score (nSPS) is 16.8. The molecule has 2 aliphatic rings. The van der Waals surface area contributed by atoms with Gasteiger partial charge in [0.1, 0.15) is 23.2 Å². The maximum absolute atomic E-state index is 14.1. The number of aromatic nitrogens is 3. The number of fused-ring (bicyclic) bond motifs is 4. The monoisotopic (exact) mass is 707 g/mol. The Morgan fingerprint density at radius 3 is 2.42 bits per heavy atom. The van der Waals surface area contributed by atoms with Crippen LogP contribution in [0.1, 0.15) is 95.5 Å². The molecule has 0 aliphatic carbocycles. The van der Waals surface area contributed by atoms with Gasteiger partial charge in [0.25, 0.3) is 0 Å². The summed E-state index contributed by atoms with van der Waals surface area (Å²) in [5, 5.41) is 0.642. The quantitative estimate of drug-likeness (QED) is 0.154. The van der Waals surface area contributed by atoms with Crippen molar-refractivity contribution < 1.29 is 23.1 Å². The fourth-order valence-corrected chi connectivity index (χ4v) is 7.69. The highest BCUT2D eigenvalue weighted by molar-refractivity contribution is 6.05. The highest BCUT2D eigenvalue weighted by atomic mass is 19.1. The molecule has 0 saturated carbocycles. The van der Waals surface area contributed by atoms with Crippen LogP contribution < -0.4 is 9.80 Å². The zero-order chi connectivity index (χ0) is 37.1. The van der Waals surface area contributed by atoms with Crippen LogP contribution in [-0.4, -0.2) is 52.3 Å². The summed E-state index contributed by atoms with van der Waals surface area (Å²) in [6.45, 7) is 21.4. The molecule has 9 nitrogen and oxygen atoms in total. The molecule has 10 heteroatoms. The van der Waals surface area contributed by atoms with Gasteiger partial charge in [-0.3, -0.25) is 4.98 Å². The summed E-state index contributed by atoms with van der Waals surface area (Å²) in [7, 11) is 0. The summed E-state index contributed by atoms with van der Waals surface area (Å²) in [6.07, 6.45) is 3.15. The molecular formula is C42H50FN5O4. The number of pyridine rings is 1. The van der Waals surface area contributed by atoms with Gasteiger partial charge in [-0.15, -0.1) is 0 Å². The third-order valence-corrected chi connectivity index (χ3v) is 10.3. The summed E-state index contributed by atoms with van der Waals surface area (Å²) < 4.78 is 32.7. The van der Waals surface area contributed by atoms with E-state index in [9.17, 15) is 9.18 Å². The molecule has 1 atom stereocenters. The van der Waals surface area contributed by atoms with Crippen LogP contribution in [0.15, 0.2) is 47.1 Å². The highest BCUT2D eigenvalue weighted by Gasteiger charge is 2.38. The van der Waals surface area contributed by atoms with E-state index in [0.29, 0.717) is 34.4 Å². The van der Waals surface area contributed by atoms with E-state index in [1.807, 2.05) is 41.5 Å². The molecule has 2 aromatic carbocycles. The first kappa shape index (κ1) is 35.8. The summed E-state index contributed by atoms with van der Waals surface area (Å²) in [5.74, 6) is -0.0283. The van der Waals surface area contributed by atoms with Gasteiger partial charge in [-0.1, -0.05) is 32.0 Å². The Morgan fingerprint density at radius 1 is 0.962 bits per heavy atom. The van der Waals surface area contributed by atoms with E-state index in [4.69, 9.17) is 18.9 Å². The van der Waals surface area contributed by atoms with Gasteiger partial charge in [0.05, 0.1) is 17.4 Å². The third-order valence-electron chi connectivity index (χ3n) is 10.3. The smallest absolute Gasteiger partial charge is 0.340 e. The first-order chi connectivity index (χ1) is 24.6. The number of benzene rings is 2. The molecule has 2 aliphatic heterocycles. The number of nitrogens with zero attached hydrogens (tertiary/aromatic N) is 5. The molecule has 1 saturated heterocycles. The van der Waals surface area contributed by atoms with Gasteiger partial charge < -0.3 is 23.7 Å². The van der Waals surface area contributed by atoms with Crippen molar-refractivity contribution in [3.63, 3.8) is 0 Å². The van der Waals surface area contributed by atoms with E-state index in [2.05, 4.69) is 58.7 Å². The van der Waals surface area contributed by atoms with Crippen LogP contribution in [0.2, 0.25) is 0 Å². The van der Waals surface area contributed by atoms with Gasteiger partial charge >= 0.3 is 5.97 Å². The summed E-state index contributed by atoms with van der Waals surface area (Å²) in [6, 6.07) is 11.2. The van der Waals surface area contributed by atoms with E-state index < -0.39 is 17.7 Å². The second-order valence-corrected chi connectivity index (χ2v) is 16.4. The Labute approximate surface area is 305 Å². The molecule has 0 N–H and O–H groups in total. The van der Waals surface area contributed by atoms with Crippen LogP contribution in [0.3, 0.4) is 0 Å². The molecule has 5 heterocycles. The Balaban J connectivity index is 1.31. The molecule has 1 unspecified atom stereocenters. The number of esters is 1. The van der Waals surface area contributed by atoms with Gasteiger partial charge in [0, 0.05) is 54.1 Å². The Morgan fingerprint density at radius 2 is 1.71 bits per heavy atom. The molecule has 274 valence electrons. The zero-order valence-corrected chi connectivity index (χ0v) is 31.9. The Hall–Kier alpha value is -4.57. The van der Waals surface area contributed by atoms with Crippen LogP contribution >= 0.6 is 0 Å². The molecule has 0 bridgehead atoms. The lowest BCUT2D eigenvalue weighted by Crippen LogP contribution is -2.39. The average Bonchev–Trinajstić information content (AvgIpc) is 3.44. The lowest BCUT2D eigenvalue weighted by Gasteiger charge is -2.41. The number of aryl methyl sites for hydroxylation is 2. The van der Waals surface area contributed by atoms with Crippen molar-refractivity contribution in [3.05, 3.63) is 76.6 Å². The van der Waals surface area contributed by atoms with Crippen molar-refractivity contribution >= 4 is 39.5 Å². The number of halogens is 1. The second-order valence-electron chi connectivity index (χ2n) is 16.4. The number of furan rings is 1. The number of anilines is 2. The van der Waals surface area contributed by atoms with E-state index in [0.717, 1.165) is 72.7 Å². The van der Waals surface area contributed by atoms with Crippen LogP contribution in [0.4, 0.5) is 15.9 Å². The second kappa shape index (κ2) is 13.4. The SMILES string of the molecule is Cc1nc(C)c(C(OC(C)(C)C)C(=O)OC(C)C)c(N2CCC(C)(C)CC2)c1-c1ccc2c(c1)CCN(c1ncnc3c1oc1ccc(F)cc13)C2. The number of hydrogen-bond donors (Lipinski definition) is 0. The fourth-order valence-electron chi connectivity index (χ4n) is 7.69. The molecule has 0 radical (unpaired) electrons. The van der Waals surface area contributed by atoms with E-state index in [-0.39, 0.29) is 17.3 Å². The van der Waals surface area contributed by atoms with Gasteiger partial charge in [-0.2, -0.15) is 0 Å². The number of rotatable bonds is 7. The van der Waals surface area contributed by atoms with Crippen LogP contribution in [0.25, 0.3) is 33.2 Å². The van der Waals surface area contributed by atoms with Crippen molar-refractivity contribution in [1.29, 1.82) is 0 Å². The van der Waals surface area contributed by atoms with E-state index in [1.54, 1.807) is 6.07 Å². The van der Waals surface area contributed by atoms with Crippen LogP contribution in [0.5, 0.6) is 0 Å². The van der Waals surface area contributed by atoms with Crippen molar-refractivity contribution in [2.24, 2.45) is 5.41 Å². The minimum atomic E-state index is -0.940. The molecule has 0 spiro atoms. The van der Waals surface area contributed by atoms with Crippen molar-refractivity contribution in [3.8, 4) is 11.1 Å². The first-order valence-electron chi connectivity index (χ1n) is 18.4. The first-order valence-corrected chi connectivity index (χ1v) is 18.4. The lowest BCUT2D eigenvalue weighted by molar-refractivity contribution is -0.171. The fraction of sp³-hybridized carbons (Fsp3) is 0.476. The Bertz CT molecular complexity index is 2160. The summed E-state index contributed by atoms with van der Waals surface area (Å²) in [4.78, 5) is 32.7. The van der Waals surface area contributed by atoms with Crippen molar-refractivity contribution in [2.75, 3.05) is 29.4 Å². The lowest BCUT2D eigenvalue weighted by atomic mass is 9.81. The molecule has 1 fully saturated rings. The average molecular weight is 708 g/mol. The largest absolute Gasteiger partial charge is 0.461 e. The predicted octanol–water partition coefficient (Wildman–Crippen LogP) is 9.19. The van der Waals surface area contributed by atoms with Crippen molar-refractivity contribution in [2.45, 2.75) is 106 Å². The van der Waals surface area contributed by atoms with Crippen LogP contribution in [-0.2, 0) is 27.2 Å². The van der Waals surface area contributed by atoms with Gasteiger partial charge in [-0.05, 0) is 108 Å². The molecule has 7 rings (SSSR count). The highest BCUT2D eigenvalue weighted by Crippen LogP contribution is 2.46. The van der Waals surface area contributed by atoms with Crippen molar-refractivity contribution in [1.82, 2.24) is 15.0 Å². The Kier molecular flexibility index (Phi) is 9.26. The maximum atomic E-state index is 14.1. The molecular weight excluding hydrogens is 657 g/mol.